The first-order valence-electron chi connectivity index (χ1n) is 9.52. The molecule has 0 aromatic heterocycles. The van der Waals surface area contributed by atoms with E-state index < -0.39 is 0 Å². The summed E-state index contributed by atoms with van der Waals surface area (Å²) in [6.07, 6.45) is 11.3. The second-order valence-electron chi connectivity index (χ2n) is 7.78. The summed E-state index contributed by atoms with van der Waals surface area (Å²) in [5.41, 5.74) is 0. The maximum Gasteiger partial charge on any atom is 0.0111 e. The number of nitrogens with zero attached hydrogens (tertiary/aromatic N) is 1. The third-order valence-corrected chi connectivity index (χ3v) is 5.93. The van der Waals surface area contributed by atoms with Crippen LogP contribution in [-0.4, -0.2) is 49.7 Å². The van der Waals surface area contributed by atoms with Gasteiger partial charge in [0.05, 0.1) is 0 Å². The van der Waals surface area contributed by atoms with E-state index in [1.54, 1.807) is 0 Å². The zero-order chi connectivity index (χ0) is 14.5. The molecule has 122 valence electrons. The van der Waals surface area contributed by atoms with Gasteiger partial charge in [-0.3, -0.25) is 0 Å². The molecule has 2 heterocycles. The number of rotatable bonds is 6. The molecule has 3 rings (SSSR count). The van der Waals surface area contributed by atoms with Gasteiger partial charge in [0.15, 0.2) is 0 Å². The van der Waals surface area contributed by atoms with Crippen LogP contribution < -0.4 is 10.6 Å². The average molecular weight is 293 g/mol. The molecule has 1 saturated carbocycles. The monoisotopic (exact) mass is 293 g/mol. The van der Waals surface area contributed by atoms with Gasteiger partial charge in [0.1, 0.15) is 0 Å². The fraction of sp³-hybridized carbons (Fsp3) is 1.00. The third kappa shape index (κ3) is 4.43. The number of nitrogens with one attached hydrogen (secondary N) is 2. The molecule has 0 bridgehead atoms. The van der Waals surface area contributed by atoms with E-state index in [4.69, 9.17) is 0 Å². The summed E-state index contributed by atoms with van der Waals surface area (Å²) in [7, 11) is 0. The van der Waals surface area contributed by atoms with Crippen LogP contribution in [0.3, 0.4) is 0 Å². The molecule has 0 aromatic rings. The van der Waals surface area contributed by atoms with Gasteiger partial charge in [-0.05, 0) is 76.5 Å². The highest BCUT2D eigenvalue weighted by Crippen LogP contribution is 2.32. The summed E-state index contributed by atoms with van der Waals surface area (Å²) >= 11 is 0. The van der Waals surface area contributed by atoms with Crippen molar-refractivity contribution in [2.45, 2.75) is 70.4 Å². The lowest BCUT2D eigenvalue weighted by molar-refractivity contribution is 0.194. The molecule has 3 heteroatoms. The van der Waals surface area contributed by atoms with E-state index in [0.717, 1.165) is 23.9 Å². The van der Waals surface area contributed by atoms with Crippen molar-refractivity contribution in [2.24, 2.45) is 11.8 Å². The second kappa shape index (κ2) is 7.94. The van der Waals surface area contributed by atoms with Gasteiger partial charge in [-0.2, -0.15) is 0 Å². The van der Waals surface area contributed by atoms with Gasteiger partial charge in [0, 0.05) is 18.6 Å². The molecular formula is C18H35N3. The Kier molecular flexibility index (Phi) is 5.96. The van der Waals surface area contributed by atoms with Gasteiger partial charge in [-0.1, -0.05) is 19.8 Å². The Bertz CT molecular complexity index is 295. The number of hydrogen-bond donors (Lipinski definition) is 2. The van der Waals surface area contributed by atoms with Gasteiger partial charge in [-0.15, -0.1) is 0 Å². The van der Waals surface area contributed by atoms with Crippen molar-refractivity contribution >= 4 is 0 Å². The van der Waals surface area contributed by atoms with E-state index in [1.165, 1.54) is 84.1 Å². The molecule has 0 amide bonds. The molecule has 3 nitrogen and oxygen atoms in total. The van der Waals surface area contributed by atoms with Gasteiger partial charge < -0.3 is 15.5 Å². The van der Waals surface area contributed by atoms with Crippen molar-refractivity contribution in [2.75, 3.05) is 32.7 Å². The summed E-state index contributed by atoms with van der Waals surface area (Å²) in [4.78, 5) is 2.68. The molecule has 21 heavy (non-hydrogen) atoms. The first-order valence-corrected chi connectivity index (χ1v) is 9.52. The van der Waals surface area contributed by atoms with Crippen molar-refractivity contribution in [1.82, 2.24) is 15.5 Å². The quantitative estimate of drug-likeness (QED) is 0.788. The summed E-state index contributed by atoms with van der Waals surface area (Å²) in [6.45, 7) is 8.86. The van der Waals surface area contributed by atoms with Crippen LogP contribution in [0, 0.1) is 11.8 Å². The maximum absolute atomic E-state index is 3.93. The summed E-state index contributed by atoms with van der Waals surface area (Å²) in [6, 6.07) is 1.59. The van der Waals surface area contributed by atoms with E-state index in [0.29, 0.717) is 0 Å². The molecule has 3 aliphatic rings. The highest BCUT2D eigenvalue weighted by molar-refractivity contribution is 4.93. The lowest BCUT2D eigenvalue weighted by Crippen LogP contribution is -2.44. The molecule has 2 N–H and O–H groups in total. The zero-order valence-electron chi connectivity index (χ0n) is 13.9. The predicted octanol–water partition coefficient (Wildman–Crippen LogP) is 2.62. The fourth-order valence-electron chi connectivity index (χ4n) is 4.80. The smallest absolute Gasteiger partial charge is 0.0111 e. The minimum absolute atomic E-state index is 0.782. The Morgan fingerprint density at radius 2 is 1.90 bits per heavy atom. The molecule has 0 aromatic carbocycles. The number of hydrogen-bond acceptors (Lipinski definition) is 3. The third-order valence-electron chi connectivity index (χ3n) is 5.93. The van der Waals surface area contributed by atoms with Gasteiger partial charge in [0.2, 0.25) is 0 Å². The highest BCUT2D eigenvalue weighted by atomic mass is 15.1. The van der Waals surface area contributed by atoms with Crippen molar-refractivity contribution < 1.29 is 0 Å². The van der Waals surface area contributed by atoms with E-state index in [2.05, 4.69) is 22.5 Å². The highest BCUT2D eigenvalue weighted by Gasteiger charge is 2.34. The Hall–Kier alpha value is -0.120. The van der Waals surface area contributed by atoms with Crippen LogP contribution in [0.4, 0.5) is 0 Å². The Labute approximate surface area is 131 Å². The summed E-state index contributed by atoms with van der Waals surface area (Å²) in [5, 5.41) is 7.66. The maximum atomic E-state index is 3.93. The first-order chi connectivity index (χ1) is 10.3. The number of piperidine rings is 1. The second-order valence-corrected chi connectivity index (χ2v) is 7.78. The fourth-order valence-corrected chi connectivity index (χ4v) is 4.80. The van der Waals surface area contributed by atoms with Crippen molar-refractivity contribution in [3.8, 4) is 0 Å². The lowest BCUT2D eigenvalue weighted by Gasteiger charge is -2.31. The van der Waals surface area contributed by atoms with E-state index >= 15 is 0 Å². The molecule has 3 fully saturated rings. The SMILES string of the molecule is CC(CNC1CCCC1C1CCCN1)CN1CCCCC1. The molecule has 2 saturated heterocycles. The minimum atomic E-state index is 0.782. The average Bonchev–Trinajstić information content (AvgIpc) is 3.17. The van der Waals surface area contributed by atoms with E-state index in [1.807, 2.05) is 0 Å². The normalized spacial score (nSPS) is 36.1. The van der Waals surface area contributed by atoms with Gasteiger partial charge >= 0.3 is 0 Å². The molecule has 2 aliphatic heterocycles. The standard InChI is InChI=1S/C18H35N3/c1-15(14-21-11-3-2-4-12-21)13-20-18-8-5-7-16(18)17-9-6-10-19-17/h15-20H,2-14H2,1H3. The van der Waals surface area contributed by atoms with Crippen molar-refractivity contribution in [3.05, 3.63) is 0 Å². The first kappa shape index (κ1) is 15.8. The van der Waals surface area contributed by atoms with Crippen LogP contribution in [0.15, 0.2) is 0 Å². The van der Waals surface area contributed by atoms with Crippen LogP contribution in [0.25, 0.3) is 0 Å². The Morgan fingerprint density at radius 1 is 1.05 bits per heavy atom. The predicted molar refractivity (Wildman–Crippen MR) is 89.6 cm³/mol. The van der Waals surface area contributed by atoms with Gasteiger partial charge in [0.25, 0.3) is 0 Å². The topological polar surface area (TPSA) is 27.3 Å². The molecule has 4 unspecified atom stereocenters. The molecule has 0 radical (unpaired) electrons. The van der Waals surface area contributed by atoms with Crippen LogP contribution in [0.5, 0.6) is 0 Å². The van der Waals surface area contributed by atoms with Crippen molar-refractivity contribution in [3.63, 3.8) is 0 Å². The Balaban J connectivity index is 1.38. The van der Waals surface area contributed by atoms with Crippen LogP contribution in [0.1, 0.15) is 58.3 Å². The zero-order valence-corrected chi connectivity index (χ0v) is 13.9. The lowest BCUT2D eigenvalue weighted by atomic mass is 9.93. The minimum Gasteiger partial charge on any atom is -0.314 e. The van der Waals surface area contributed by atoms with Crippen molar-refractivity contribution in [1.29, 1.82) is 0 Å². The van der Waals surface area contributed by atoms with Crippen LogP contribution >= 0.6 is 0 Å². The number of likely N-dealkylation sites (tertiary alicyclic amines) is 1. The summed E-state index contributed by atoms with van der Waals surface area (Å²) in [5.74, 6) is 1.69. The molecular weight excluding hydrogens is 258 g/mol. The summed E-state index contributed by atoms with van der Waals surface area (Å²) < 4.78 is 0. The Morgan fingerprint density at radius 3 is 2.67 bits per heavy atom. The molecule has 0 spiro atoms. The largest absolute Gasteiger partial charge is 0.314 e. The van der Waals surface area contributed by atoms with E-state index in [-0.39, 0.29) is 0 Å². The van der Waals surface area contributed by atoms with Crippen LogP contribution in [0.2, 0.25) is 0 Å². The van der Waals surface area contributed by atoms with Gasteiger partial charge in [-0.25, -0.2) is 0 Å². The van der Waals surface area contributed by atoms with E-state index in [9.17, 15) is 0 Å². The van der Waals surface area contributed by atoms with Crippen LogP contribution in [-0.2, 0) is 0 Å². The molecule has 1 aliphatic carbocycles. The molecule has 4 atom stereocenters.